The highest BCUT2D eigenvalue weighted by Crippen LogP contribution is 2.20. The van der Waals surface area contributed by atoms with Crippen molar-refractivity contribution in [2.75, 3.05) is 26.2 Å². The zero-order valence-corrected chi connectivity index (χ0v) is 29.9. The van der Waals surface area contributed by atoms with Crippen LogP contribution in [0.3, 0.4) is 0 Å². The Bertz CT molecular complexity index is 1570. The van der Waals surface area contributed by atoms with Gasteiger partial charge >= 0.3 is 6.09 Å². The molecule has 2 atom stereocenters. The molecule has 274 valence electrons. The van der Waals surface area contributed by atoms with E-state index in [1.54, 1.807) is 23.1 Å². The second-order valence-electron chi connectivity index (χ2n) is 12.4. The standard InChI is InChI=1S/C41H52FN3O6/c1-5-20-44(21-6-2)40(48)19-13-18-39(47)43-37(26-34-24-35(42)27-36(25-34)50-22-7-3)38(46)29-45(28-33-17-12-16-31(8-4)23-33)41(49)51-30-32-14-10-9-11-15-32/h5,7,9-12,14-17,23-25,27,37-38,46H,1,3,6,8,13,18-22,26,28-30H2,2,4H3,(H,43,47)/t37-,38+/m0/s1. The largest absolute Gasteiger partial charge is 0.489 e. The molecule has 3 aromatic carbocycles. The van der Waals surface area contributed by atoms with Gasteiger partial charge in [0.15, 0.2) is 0 Å². The third kappa shape index (κ3) is 14.4. The number of carbonyl (C=O) groups excluding carboxylic acids is 3. The predicted octanol–water partition coefficient (Wildman–Crippen LogP) is 6.78. The van der Waals surface area contributed by atoms with Crippen molar-refractivity contribution in [3.05, 3.63) is 126 Å². The van der Waals surface area contributed by atoms with E-state index >= 15 is 0 Å². The van der Waals surface area contributed by atoms with Crippen molar-refractivity contribution in [3.8, 4) is 5.75 Å². The molecule has 0 fully saturated rings. The van der Waals surface area contributed by atoms with Gasteiger partial charge in [0, 0.05) is 38.5 Å². The molecule has 0 heterocycles. The molecule has 9 nitrogen and oxygen atoms in total. The van der Waals surface area contributed by atoms with Crippen LogP contribution >= 0.6 is 0 Å². The van der Waals surface area contributed by atoms with Crippen LogP contribution in [0.4, 0.5) is 9.18 Å². The lowest BCUT2D eigenvalue weighted by Gasteiger charge is -2.30. The Kier molecular flexibility index (Phi) is 17.4. The van der Waals surface area contributed by atoms with Crippen molar-refractivity contribution in [1.82, 2.24) is 15.1 Å². The topological polar surface area (TPSA) is 108 Å². The number of aryl methyl sites for hydroxylation is 1. The monoisotopic (exact) mass is 701 g/mol. The third-order valence-corrected chi connectivity index (χ3v) is 8.20. The van der Waals surface area contributed by atoms with Crippen LogP contribution in [0, 0.1) is 5.82 Å². The van der Waals surface area contributed by atoms with Gasteiger partial charge in [0.25, 0.3) is 0 Å². The third-order valence-electron chi connectivity index (χ3n) is 8.20. The summed E-state index contributed by atoms with van der Waals surface area (Å²) in [6, 6.07) is 20.4. The molecule has 51 heavy (non-hydrogen) atoms. The Morgan fingerprint density at radius 1 is 0.902 bits per heavy atom. The molecule has 0 bridgehead atoms. The summed E-state index contributed by atoms with van der Waals surface area (Å²) in [6.45, 7) is 12.6. The number of hydrogen-bond donors (Lipinski definition) is 2. The average molecular weight is 702 g/mol. The summed E-state index contributed by atoms with van der Waals surface area (Å²) in [5.74, 6) is -0.709. The average Bonchev–Trinajstić information content (AvgIpc) is 3.12. The maximum atomic E-state index is 14.7. The minimum atomic E-state index is -1.28. The summed E-state index contributed by atoms with van der Waals surface area (Å²) in [5, 5.41) is 14.6. The van der Waals surface area contributed by atoms with Crippen molar-refractivity contribution < 1.29 is 33.4 Å². The van der Waals surface area contributed by atoms with Crippen LogP contribution in [0.15, 0.2) is 98.1 Å². The number of aliphatic hydroxyl groups excluding tert-OH is 1. The highest BCUT2D eigenvalue weighted by molar-refractivity contribution is 5.79. The van der Waals surface area contributed by atoms with Crippen molar-refractivity contribution in [2.24, 2.45) is 0 Å². The van der Waals surface area contributed by atoms with Crippen molar-refractivity contribution in [1.29, 1.82) is 0 Å². The predicted molar refractivity (Wildman–Crippen MR) is 198 cm³/mol. The van der Waals surface area contributed by atoms with E-state index in [4.69, 9.17) is 9.47 Å². The second-order valence-corrected chi connectivity index (χ2v) is 12.4. The molecule has 0 aliphatic heterocycles. The number of benzene rings is 3. The number of rotatable bonds is 22. The summed E-state index contributed by atoms with van der Waals surface area (Å²) in [4.78, 5) is 42.7. The lowest BCUT2D eigenvalue weighted by atomic mass is 9.99. The van der Waals surface area contributed by atoms with Gasteiger partial charge in [0.05, 0.1) is 18.7 Å². The van der Waals surface area contributed by atoms with Crippen LogP contribution in [-0.4, -0.2) is 71.2 Å². The van der Waals surface area contributed by atoms with Crippen LogP contribution in [0.25, 0.3) is 0 Å². The number of nitrogens with zero attached hydrogens (tertiary/aromatic N) is 2. The van der Waals surface area contributed by atoms with E-state index in [0.717, 1.165) is 29.5 Å². The highest BCUT2D eigenvalue weighted by atomic mass is 19.1. The molecule has 0 saturated heterocycles. The SMILES string of the molecule is C=CCOc1cc(F)cc(C[C@H](NC(=O)CCCC(=O)N(CC=C)CCC)[C@H](O)CN(Cc2cccc(CC)c2)C(=O)OCc2ccccc2)c1. The van der Waals surface area contributed by atoms with E-state index in [1.165, 1.54) is 17.0 Å². The molecule has 10 heteroatoms. The smallest absolute Gasteiger partial charge is 0.410 e. The van der Waals surface area contributed by atoms with Gasteiger partial charge in [-0.3, -0.25) is 9.59 Å². The molecule has 2 N–H and O–H groups in total. The summed E-state index contributed by atoms with van der Waals surface area (Å²) in [6.07, 6.45) is 3.48. The van der Waals surface area contributed by atoms with E-state index < -0.39 is 24.1 Å². The number of aliphatic hydroxyl groups is 1. The normalized spacial score (nSPS) is 11.9. The first kappa shape index (κ1) is 40.5. The van der Waals surface area contributed by atoms with Crippen LogP contribution in [0.5, 0.6) is 5.75 Å². The van der Waals surface area contributed by atoms with E-state index in [0.29, 0.717) is 25.1 Å². The molecule has 3 aromatic rings. The van der Waals surface area contributed by atoms with Gasteiger partial charge < -0.3 is 29.7 Å². The molecule has 0 radical (unpaired) electrons. The lowest BCUT2D eigenvalue weighted by molar-refractivity contribution is -0.131. The fourth-order valence-corrected chi connectivity index (χ4v) is 5.63. The van der Waals surface area contributed by atoms with Gasteiger partial charge in [-0.25, -0.2) is 9.18 Å². The Balaban J connectivity index is 1.83. The maximum absolute atomic E-state index is 14.7. The lowest BCUT2D eigenvalue weighted by Crippen LogP contribution is -2.50. The summed E-state index contributed by atoms with van der Waals surface area (Å²) in [7, 11) is 0. The minimum Gasteiger partial charge on any atom is -0.489 e. The summed E-state index contributed by atoms with van der Waals surface area (Å²) < 4.78 is 25.9. The second kappa shape index (κ2) is 22.0. The Morgan fingerprint density at radius 2 is 1.65 bits per heavy atom. The van der Waals surface area contributed by atoms with Gasteiger partial charge in [0.1, 0.15) is 24.8 Å². The van der Waals surface area contributed by atoms with Gasteiger partial charge in [-0.15, -0.1) is 6.58 Å². The first-order chi connectivity index (χ1) is 24.6. The molecule has 3 amide bonds. The summed E-state index contributed by atoms with van der Waals surface area (Å²) in [5.41, 5.74) is 3.23. The Hall–Kier alpha value is -4.96. The maximum Gasteiger partial charge on any atom is 0.410 e. The molecule has 0 aromatic heterocycles. The van der Waals surface area contributed by atoms with Crippen molar-refractivity contribution in [3.63, 3.8) is 0 Å². The van der Waals surface area contributed by atoms with Crippen LogP contribution < -0.4 is 10.1 Å². The fraction of sp³-hybridized carbons (Fsp3) is 0.390. The number of halogens is 1. The zero-order chi connectivity index (χ0) is 37.0. The van der Waals surface area contributed by atoms with Gasteiger partial charge in [0.2, 0.25) is 11.8 Å². The molecule has 0 aliphatic rings. The molecule has 0 aliphatic carbocycles. The van der Waals surface area contributed by atoms with E-state index in [-0.39, 0.29) is 63.1 Å². The minimum absolute atomic E-state index is 0.0342. The number of amides is 3. The van der Waals surface area contributed by atoms with Gasteiger partial charge in [-0.05, 0) is 60.1 Å². The van der Waals surface area contributed by atoms with Crippen LogP contribution in [0.1, 0.15) is 61.8 Å². The zero-order valence-electron chi connectivity index (χ0n) is 29.9. The first-order valence-corrected chi connectivity index (χ1v) is 17.6. The van der Waals surface area contributed by atoms with Crippen LogP contribution in [-0.2, 0) is 40.3 Å². The molecule has 0 unspecified atom stereocenters. The number of nitrogens with one attached hydrogen (secondary N) is 1. The first-order valence-electron chi connectivity index (χ1n) is 17.6. The molecular weight excluding hydrogens is 649 g/mol. The van der Waals surface area contributed by atoms with E-state index in [2.05, 4.69) is 18.5 Å². The van der Waals surface area contributed by atoms with E-state index in [9.17, 15) is 23.9 Å². The number of carbonyl (C=O) groups is 3. The van der Waals surface area contributed by atoms with E-state index in [1.807, 2.05) is 68.4 Å². The molecule has 3 rings (SSSR count). The molecule has 0 spiro atoms. The number of hydrogen-bond acceptors (Lipinski definition) is 6. The Labute approximate surface area is 301 Å². The molecule has 0 saturated carbocycles. The van der Waals surface area contributed by atoms with Crippen LogP contribution in [0.2, 0.25) is 0 Å². The van der Waals surface area contributed by atoms with Crippen molar-refractivity contribution >= 4 is 17.9 Å². The highest BCUT2D eigenvalue weighted by Gasteiger charge is 2.28. The Morgan fingerprint density at radius 3 is 2.35 bits per heavy atom. The van der Waals surface area contributed by atoms with Gasteiger partial charge in [-0.1, -0.05) is 87.2 Å². The van der Waals surface area contributed by atoms with Crippen molar-refractivity contribution in [2.45, 2.75) is 77.7 Å². The molecular formula is C41H52FN3O6. The fourth-order valence-electron chi connectivity index (χ4n) is 5.63. The van der Waals surface area contributed by atoms with Gasteiger partial charge in [-0.2, -0.15) is 0 Å². The number of ether oxygens (including phenoxy) is 2. The quantitative estimate of drug-likeness (QED) is 0.112. The summed E-state index contributed by atoms with van der Waals surface area (Å²) >= 11 is 0.